The maximum Gasteiger partial charge on any atom is 0.309 e. The molecule has 0 spiro atoms. The Hall–Kier alpha value is -1.45. The molecule has 0 fully saturated rings. The number of hydrogen-bond donors (Lipinski definition) is 0. The largest absolute Gasteiger partial charge is 0.469 e. The number of esters is 1. The predicted octanol–water partition coefficient (Wildman–Crippen LogP) is 4.35. The highest BCUT2D eigenvalue weighted by atomic mass is 35.5. The van der Waals surface area contributed by atoms with E-state index in [1.165, 1.54) is 7.11 Å². The van der Waals surface area contributed by atoms with Gasteiger partial charge in [-0.15, -0.1) is 11.8 Å². The molecule has 0 amide bonds. The number of rotatable bonds is 5. The molecule has 0 heterocycles. The quantitative estimate of drug-likeness (QED) is 0.607. The Kier molecular flexibility index (Phi) is 5.50. The molecule has 104 valence electrons. The number of ether oxygens (including phenoxy) is 1. The van der Waals surface area contributed by atoms with Crippen molar-refractivity contribution >= 4 is 29.3 Å². The smallest absolute Gasteiger partial charge is 0.309 e. The Labute approximate surface area is 128 Å². The summed E-state index contributed by atoms with van der Waals surface area (Å²) in [7, 11) is 1.41. The number of methoxy groups -OCH3 is 1. The molecule has 4 heteroatoms. The van der Waals surface area contributed by atoms with Gasteiger partial charge in [-0.1, -0.05) is 41.9 Å². The molecule has 2 nitrogen and oxygen atoms in total. The lowest BCUT2D eigenvalue weighted by Gasteiger charge is -2.08. The first-order valence-corrected chi connectivity index (χ1v) is 7.57. The van der Waals surface area contributed by atoms with Gasteiger partial charge in [-0.05, 0) is 29.3 Å². The lowest BCUT2D eigenvalue weighted by atomic mass is 10.1. The molecule has 0 unspecified atom stereocenters. The van der Waals surface area contributed by atoms with Gasteiger partial charge in [-0.2, -0.15) is 0 Å². The zero-order chi connectivity index (χ0) is 14.4. The minimum atomic E-state index is -0.217. The molecule has 0 saturated heterocycles. The molecule has 0 saturated carbocycles. The zero-order valence-electron chi connectivity index (χ0n) is 11.1. The molecule has 0 aliphatic rings. The number of thioether (sulfide) groups is 1. The molecule has 2 rings (SSSR count). The van der Waals surface area contributed by atoms with E-state index >= 15 is 0 Å². The van der Waals surface area contributed by atoms with Crippen molar-refractivity contribution in [3.05, 3.63) is 64.7 Å². The van der Waals surface area contributed by atoms with Crippen molar-refractivity contribution < 1.29 is 9.53 Å². The first-order valence-electron chi connectivity index (χ1n) is 6.21. The SMILES string of the molecule is COC(=O)Cc1ccccc1CSc1cccc(Cl)c1. The van der Waals surface area contributed by atoms with Crippen LogP contribution in [-0.4, -0.2) is 13.1 Å². The summed E-state index contributed by atoms with van der Waals surface area (Å²) in [4.78, 5) is 12.5. The Bertz CT molecular complexity index is 599. The summed E-state index contributed by atoms with van der Waals surface area (Å²) < 4.78 is 4.72. The fraction of sp³-hybridized carbons (Fsp3) is 0.188. The summed E-state index contributed by atoms with van der Waals surface area (Å²) in [6.07, 6.45) is 0.308. The molecule has 0 aliphatic carbocycles. The number of hydrogen-bond acceptors (Lipinski definition) is 3. The molecule has 2 aromatic rings. The van der Waals surface area contributed by atoms with Gasteiger partial charge in [0.05, 0.1) is 13.5 Å². The molecule has 20 heavy (non-hydrogen) atoms. The fourth-order valence-corrected chi connectivity index (χ4v) is 3.06. The monoisotopic (exact) mass is 306 g/mol. The molecule has 2 aromatic carbocycles. The van der Waals surface area contributed by atoms with Crippen molar-refractivity contribution in [3.8, 4) is 0 Å². The van der Waals surface area contributed by atoms with Gasteiger partial charge in [0, 0.05) is 15.7 Å². The third-order valence-electron chi connectivity index (χ3n) is 2.87. The normalized spacial score (nSPS) is 10.3. The van der Waals surface area contributed by atoms with Crippen molar-refractivity contribution in [2.75, 3.05) is 7.11 Å². The molecular formula is C16H15ClO2S. The van der Waals surface area contributed by atoms with Crippen LogP contribution in [0, 0.1) is 0 Å². The van der Waals surface area contributed by atoms with Gasteiger partial charge < -0.3 is 4.74 Å². The summed E-state index contributed by atoms with van der Waals surface area (Å²) in [6.45, 7) is 0. The molecule has 0 N–H and O–H groups in total. The molecule has 0 radical (unpaired) electrons. The standard InChI is InChI=1S/C16H15ClO2S/c1-19-16(18)9-12-5-2-3-6-13(12)11-20-15-8-4-7-14(17)10-15/h2-8,10H,9,11H2,1H3. The van der Waals surface area contributed by atoms with E-state index in [0.29, 0.717) is 6.42 Å². The second kappa shape index (κ2) is 7.36. The van der Waals surface area contributed by atoms with Crippen LogP contribution in [0.15, 0.2) is 53.4 Å². The molecule has 0 bridgehead atoms. The first-order chi connectivity index (χ1) is 9.69. The molecule has 0 aromatic heterocycles. The average Bonchev–Trinajstić information content (AvgIpc) is 2.46. The second-order valence-corrected chi connectivity index (χ2v) is 5.75. The average molecular weight is 307 g/mol. The summed E-state index contributed by atoms with van der Waals surface area (Å²) >= 11 is 7.67. The maximum atomic E-state index is 11.4. The van der Waals surface area contributed by atoms with Crippen molar-refractivity contribution in [1.29, 1.82) is 0 Å². The Balaban J connectivity index is 2.07. The fourth-order valence-electron chi connectivity index (χ4n) is 1.82. The minimum Gasteiger partial charge on any atom is -0.469 e. The highest BCUT2D eigenvalue weighted by Gasteiger charge is 2.08. The van der Waals surface area contributed by atoms with E-state index in [2.05, 4.69) is 0 Å². The third kappa shape index (κ3) is 4.29. The van der Waals surface area contributed by atoms with Gasteiger partial charge in [-0.25, -0.2) is 0 Å². The summed E-state index contributed by atoms with van der Waals surface area (Å²) in [5, 5.41) is 0.734. The van der Waals surface area contributed by atoms with Crippen molar-refractivity contribution in [1.82, 2.24) is 0 Å². The number of halogens is 1. The van der Waals surface area contributed by atoms with Crippen LogP contribution in [0.2, 0.25) is 5.02 Å². The van der Waals surface area contributed by atoms with E-state index in [9.17, 15) is 4.79 Å². The van der Waals surface area contributed by atoms with Crippen LogP contribution >= 0.6 is 23.4 Å². The van der Waals surface area contributed by atoms with Crippen LogP contribution in [-0.2, 0) is 21.7 Å². The maximum absolute atomic E-state index is 11.4. The van der Waals surface area contributed by atoms with E-state index in [1.807, 2.05) is 48.5 Å². The zero-order valence-corrected chi connectivity index (χ0v) is 12.7. The lowest BCUT2D eigenvalue weighted by Crippen LogP contribution is -2.06. The van der Waals surface area contributed by atoms with Crippen LogP contribution < -0.4 is 0 Å². The van der Waals surface area contributed by atoms with Gasteiger partial charge in [0.15, 0.2) is 0 Å². The van der Waals surface area contributed by atoms with E-state index in [0.717, 1.165) is 26.8 Å². The van der Waals surface area contributed by atoms with Gasteiger partial charge in [-0.3, -0.25) is 4.79 Å². The number of benzene rings is 2. The lowest BCUT2D eigenvalue weighted by molar-refractivity contribution is -0.139. The van der Waals surface area contributed by atoms with Crippen molar-refractivity contribution in [3.63, 3.8) is 0 Å². The van der Waals surface area contributed by atoms with Gasteiger partial charge >= 0.3 is 5.97 Å². The van der Waals surface area contributed by atoms with E-state index < -0.39 is 0 Å². The third-order valence-corrected chi connectivity index (χ3v) is 4.15. The van der Waals surface area contributed by atoms with Gasteiger partial charge in [0.25, 0.3) is 0 Å². The van der Waals surface area contributed by atoms with Crippen LogP contribution in [0.3, 0.4) is 0 Å². The Morgan fingerprint density at radius 3 is 2.60 bits per heavy atom. The van der Waals surface area contributed by atoms with E-state index in [-0.39, 0.29) is 5.97 Å². The van der Waals surface area contributed by atoms with E-state index in [4.69, 9.17) is 16.3 Å². The number of carbonyl (C=O) groups excluding carboxylic acids is 1. The molecule has 0 atom stereocenters. The summed E-state index contributed by atoms with van der Waals surface area (Å²) in [6, 6.07) is 15.7. The van der Waals surface area contributed by atoms with Crippen molar-refractivity contribution in [2.24, 2.45) is 0 Å². The second-order valence-electron chi connectivity index (χ2n) is 4.27. The summed E-state index contributed by atoms with van der Waals surface area (Å²) in [5.41, 5.74) is 2.15. The highest BCUT2D eigenvalue weighted by Crippen LogP contribution is 2.26. The Morgan fingerprint density at radius 2 is 1.90 bits per heavy atom. The van der Waals surface area contributed by atoms with Crippen LogP contribution in [0.5, 0.6) is 0 Å². The topological polar surface area (TPSA) is 26.3 Å². The number of carbonyl (C=O) groups is 1. The minimum absolute atomic E-state index is 0.217. The summed E-state index contributed by atoms with van der Waals surface area (Å²) in [5.74, 6) is 0.582. The molecular weight excluding hydrogens is 292 g/mol. The molecule has 0 aliphatic heterocycles. The predicted molar refractivity (Wildman–Crippen MR) is 83.2 cm³/mol. The van der Waals surface area contributed by atoms with Crippen LogP contribution in [0.25, 0.3) is 0 Å². The van der Waals surface area contributed by atoms with Crippen LogP contribution in [0.4, 0.5) is 0 Å². The van der Waals surface area contributed by atoms with E-state index in [1.54, 1.807) is 11.8 Å². The van der Waals surface area contributed by atoms with Gasteiger partial charge in [0.2, 0.25) is 0 Å². The van der Waals surface area contributed by atoms with Crippen LogP contribution in [0.1, 0.15) is 11.1 Å². The Morgan fingerprint density at radius 1 is 1.15 bits per heavy atom. The van der Waals surface area contributed by atoms with Crippen molar-refractivity contribution in [2.45, 2.75) is 17.1 Å². The van der Waals surface area contributed by atoms with Gasteiger partial charge in [0.1, 0.15) is 0 Å². The highest BCUT2D eigenvalue weighted by molar-refractivity contribution is 7.98. The first kappa shape index (κ1) is 14.9.